The van der Waals surface area contributed by atoms with E-state index in [1.165, 1.54) is 4.31 Å². The van der Waals surface area contributed by atoms with Crippen molar-refractivity contribution in [3.8, 4) is 0 Å². The van der Waals surface area contributed by atoms with Crippen molar-refractivity contribution in [3.63, 3.8) is 0 Å². The number of halogens is 2. The highest BCUT2D eigenvalue weighted by molar-refractivity contribution is 9.09. The van der Waals surface area contributed by atoms with Crippen LogP contribution in [0.1, 0.15) is 24.3 Å². The highest BCUT2D eigenvalue weighted by atomic mass is 79.9. The molecule has 1 atom stereocenters. The molecule has 0 aliphatic heterocycles. The first-order chi connectivity index (χ1) is 11.4. The Labute approximate surface area is 157 Å². The molecule has 0 radical (unpaired) electrons. The van der Waals surface area contributed by atoms with Gasteiger partial charge in [-0.15, -0.1) is 0 Å². The molecule has 2 aromatic rings. The minimum absolute atomic E-state index is 0.102. The smallest absolute Gasteiger partial charge is 0.207 e. The van der Waals surface area contributed by atoms with Gasteiger partial charge in [0, 0.05) is 23.9 Å². The molecule has 1 unspecified atom stereocenters. The van der Waals surface area contributed by atoms with Crippen molar-refractivity contribution >= 4 is 37.6 Å². The van der Waals surface area contributed by atoms with Crippen LogP contribution >= 0.6 is 27.5 Å². The molecule has 130 valence electrons. The van der Waals surface area contributed by atoms with Crippen molar-refractivity contribution in [1.82, 2.24) is 4.31 Å². The Balaban J connectivity index is 2.22. The van der Waals surface area contributed by atoms with Crippen LogP contribution in [0.4, 0.5) is 0 Å². The molecule has 2 aromatic carbocycles. The summed E-state index contributed by atoms with van der Waals surface area (Å²) in [4.78, 5) is 0.317. The number of benzene rings is 2. The second-order valence-electron chi connectivity index (χ2n) is 5.68. The van der Waals surface area contributed by atoms with Crippen LogP contribution in [-0.4, -0.2) is 31.6 Å². The van der Waals surface area contributed by atoms with Crippen LogP contribution in [0, 0.1) is 0 Å². The molecule has 6 heteroatoms. The van der Waals surface area contributed by atoms with Crippen molar-refractivity contribution in [2.75, 3.05) is 18.9 Å². The van der Waals surface area contributed by atoms with E-state index in [0.717, 1.165) is 23.7 Å². The summed E-state index contributed by atoms with van der Waals surface area (Å²) in [6.07, 6.45) is 1.86. The highest BCUT2D eigenvalue weighted by Crippen LogP contribution is 2.27. The molecule has 24 heavy (non-hydrogen) atoms. The van der Waals surface area contributed by atoms with E-state index in [9.17, 15) is 8.42 Å². The minimum atomic E-state index is -3.49. The molecule has 0 saturated carbocycles. The van der Waals surface area contributed by atoms with E-state index in [2.05, 4.69) is 15.9 Å². The molecule has 0 aromatic heterocycles. The third-order valence-corrected chi connectivity index (χ3v) is 6.57. The predicted octanol–water partition coefficient (Wildman–Crippen LogP) is 4.92. The van der Waals surface area contributed by atoms with Gasteiger partial charge in [0.15, 0.2) is 0 Å². The maximum Gasteiger partial charge on any atom is 0.242 e. The van der Waals surface area contributed by atoms with E-state index in [1.54, 1.807) is 31.3 Å². The Bertz CT molecular complexity index is 753. The maximum absolute atomic E-state index is 12.7. The van der Waals surface area contributed by atoms with Crippen molar-refractivity contribution in [2.24, 2.45) is 0 Å². The minimum Gasteiger partial charge on any atom is -0.207 e. The van der Waals surface area contributed by atoms with E-state index in [4.69, 9.17) is 11.6 Å². The van der Waals surface area contributed by atoms with Gasteiger partial charge in [-0.1, -0.05) is 57.9 Å². The molecular formula is C18H21BrClNO2S. The summed E-state index contributed by atoms with van der Waals surface area (Å²) in [6.45, 7) is 0.421. The SMILES string of the molecule is CN(CC(CCCBr)c1cccc(Cl)c1)S(=O)(=O)c1ccccc1. The lowest BCUT2D eigenvalue weighted by atomic mass is 9.94. The topological polar surface area (TPSA) is 37.4 Å². The largest absolute Gasteiger partial charge is 0.242 e. The zero-order valence-corrected chi connectivity index (χ0v) is 16.7. The molecule has 0 heterocycles. The number of likely N-dealkylation sites (N-methyl/N-ethyl adjacent to an activating group) is 1. The van der Waals surface area contributed by atoms with Crippen molar-refractivity contribution in [2.45, 2.75) is 23.7 Å². The highest BCUT2D eigenvalue weighted by Gasteiger charge is 2.24. The van der Waals surface area contributed by atoms with Crippen molar-refractivity contribution < 1.29 is 8.42 Å². The number of alkyl halides is 1. The average molecular weight is 431 g/mol. The molecule has 0 saturated heterocycles. The van der Waals surface area contributed by atoms with Crippen LogP contribution in [0.5, 0.6) is 0 Å². The first kappa shape index (κ1) is 19.4. The Morgan fingerprint density at radius 1 is 1.12 bits per heavy atom. The van der Waals surface area contributed by atoms with Crippen LogP contribution in [0.25, 0.3) is 0 Å². The fourth-order valence-corrected chi connectivity index (χ4v) is 4.39. The third kappa shape index (κ3) is 5.06. The van der Waals surface area contributed by atoms with Gasteiger partial charge in [0.2, 0.25) is 10.0 Å². The molecule has 0 aliphatic carbocycles. The maximum atomic E-state index is 12.7. The van der Waals surface area contributed by atoms with Gasteiger partial charge >= 0.3 is 0 Å². The number of sulfonamides is 1. The molecule has 0 aliphatic rings. The summed E-state index contributed by atoms with van der Waals surface area (Å²) < 4.78 is 26.9. The molecule has 2 rings (SSSR count). The predicted molar refractivity (Wildman–Crippen MR) is 103 cm³/mol. The van der Waals surface area contributed by atoms with Crippen molar-refractivity contribution in [1.29, 1.82) is 0 Å². The van der Waals surface area contributed by atoms with Gasteiger partial charge in [0.05, 0.1) is 4.90 Å². The van der Waals surface area contributed by atoms with Gasteiger partial charge in [-0.25, -0.2) is 12.7 Å². The molecule has 0 spiro atoms. The summed E-state index contributed by atoms with van der Waals surface area (Å²) in [5, 5.41) is 1.56. The molecular weight excluding hydrogens is 410 g/mol. The average Bonchev–Trinajstić information content (AvgIpc) is 2.59. The van der Waals surface area contributed by atoms with Crippen LogP contribution < -0.4 is 0 Å². The van der Waals surface area contributed by atoms with E-state index in [-0.39, 0.29) is 5.92 Å². The fourth-order valence-electron chi connectivity index (χ4n) is 2.63. The molecule has 0 bridgehead atoms. The van der Waals surface area contributed by atoms with Gasteiger partial charge in [0.1, 0.15) is 0 Å². The molecule has 0 N–H and O–H groups in total. The second kappa shape index (κ2) is 8.99. The van der Waals surface area contributed by atoms with Crippen LogP contribution in [0.2, 0.25) is 5.02 Å². The van der Waals surface area contributed by atoms with Crippen LogP contribution in [0.3, 0.4) is 0 Å². The zero-order valence-electron chi connectivity index (χ0n) is 13.5. The van der Waals surface area contributed by atoms with E-state index in [1.807, 2.05) is 30.3 Å². The van der Waals surface area contributed by atoms with Gasteiger partial charge in [0.25, 0.3) is 0 Å². The Kier molecular flexibility index (Phi) is 7.29. The lowest BCUT2D eigenvalue weighted by molar-refractivity contribution is 0.423. The summed E-state index contributed by atoms with van der Waals surface area (Å²) in [5.74, 6) is 0.102. The molecule has 0 amide bonds. The van der Waals surface area contributed by atoms with E-state index in [0.29, 0.717) is 16.5 Å². The molecule has 3 nitrogen and oxygen atoms in total. The first-order valence-corrected chi connectivity index (χ1v) is 10.7. The summed E-state index contributed by atoms with van der Waals surface area (Å²) >= 11 is 9.55. The van der Waals surface area contributed by atoms with Crippen LogP contribution in [-0.2, 0) is 10.0 Å². The summed E-state index contributed by atoms with van der Waals surface area (Å²) in [7, 11) is -1.86. The summed E-state index contributed by atoms with van der Waals surface area (Å²) in [6, 6.07) is 16.2. The third-order valence-electron chi connectivity index (χ3n) is 3.94. The number of rotatable bonds is 8. The number of nitrogens with zero attached hydrogens (tertiary/aromatic N) is 1. The number of hydrogen-bond acceptors (Lipinski definition) is 2. The normalized spacial score (nSPS) is 13.2. The molecule has 0 fully saturated rings. The Hall–Kier alpha value is -0.880. The van der Waals surface area contributed by atoms with E-state index < -0.39 is 10.0 Å². The van der Waals surface area contributed by atoms with E-state index >= 15 is 0 Å². The Morgan fingerprint density at radius 2 is 1.83 bits per heavy atom. The first-order valence-electron chi connectivity index (χ1n) is 7.78. The number of hydrogen-bond donors (Lipinski definition) is 0. The quantitative estimate of drug-likeness (QED) is 0.557. The second-order valence-corrected chi connectivity index (χ2v) is 8.96. The lowest BCUT2D eigenvalue weighted by Gasteiger charge is -2.24. The van der Waals surface area contributed by atoms with Gasteiger partial charge in [-0.05, 0) is 48.6 Å². The van der Waals surface area contributed by atoms with Gasteiger partial charge in [-0.2, -0.15) is 0 Å². The van der Waals surface area contributed by atoms with Gasteiger partial charge in [-0.3, -0.25) is 0 Å². The van der Waals surface area contributed by atoms with Gasteiger partial charge < -0.3 is 0 Å². The zero-order chi connectivity index (χ0) is 17.6. The van der Waals surface area contributed by atoms with Crippen LogP contribution in [0.15, 0.2) is 59.5 Å². The fraction of sp³-hybridized carbons (Fsp3) is 0.333. The Morgan fingerprint density at radius 3 is 2.46 bits per heavy atom. The standard InChI is InChI=1S/C18H21BrClNO2S/c1-21(24(22,23)18-10-3-2-4-11-18)14-16(8-6-12-19)15-7-5-9-17(20)13-15/h2-5,7,9-11,13,16H,6,8,12,14H2,1H3. The summed E-state index contributed by atoms with van der Waals surface area (Å²) in [5.41, 5.74) is 1.07. The van der Waals surface area contributed by atoms with Crippen molar-refractivity contribution in [3.05, 3.63) is 65.2 Å². The monoisotopic (exact) mass is 429 g/mol. The lowest BCUT2D eigenvalue weighted by Crippen LogP contribution is -2.31.